The molecule has 1 heterocycles. The zero-order valence-corrected chi connectivity index (χ0v) is 14.1. The molecule has 0 saturated carbocycles. The summed E-state index contributed by atoms with van der Waals surface area (Å²) in [6, 6.07) is 14.1. The molecule has 0 radical (unpaired) electrons. The Bertz CT molecular complexity index is 994. The molecule has 0 amide bonds. The second-order valence-electron chi connectivity index (χ2n) is 5.02. The molecule has 0 bridgehead atoms. The van der Waals surface area contributed by atoms with Crippen molar-refractivity contribution in [2.24, 2.45) is 9.50 Å². The summed E-state index contributed by atoms with van der Waals surface area (Å²) in [7, 11) is 0.212. The maximum atomic E-state index is 12.0. The molecule has 1 atom stereocenters. The Labute approximate surface area is 140 Å². The van der Waals surface area contributed by atoms with Crippen LogP contribution in [0.4, 0.5) is 0 Å². The number of aromatic nitrogens is 1. The van der Waals surface area contributed by atoms with Gasteiger partial charge in [-0.05, 0) is 42.5 Å². The molecule has 124 valence electrons. The van der Waals surface area contributed by atoms with Crippen molar-refractivity contribution in [3.63, 3.8) is 0 Å². The molecule has 6 nitrogen and oxygen atoms in total. The van der Waals surface area contributed by atoms with E-state index in [4.69, 9.17) is 14.6 Å². The lowest BCUT2D eigenvalue weighted by Gasteiger charge is -2.10. The van der Waals surface area contributed by atoms with E-state index in [1.54, 1.807) is 43.6 Å². The lowest BCUT2D eigenvalue weighted by molar-refractivity contribution is 0.415. The molecule has 0 aliphatic carbocycles. The average Bonchev–Trinajstić information content (AvgIpc) is 2.62. The second kappa shape index (κ2) is 6.46. The highest BCUT2D eigenvalue weighted by Gasteiger charge is 2.08. The predicted molar refractivity (Wildman–Crippen MR) is 93.8 cm³/mol. The van der Waals surface area contributed by atoms with Crippen LogP contribution in [0.3, 0.4) is 0 Å². The van der Waals surface area contributed by atoms with Crippen molar-refractivity contribution in [3.05, 3.63) is 54.7 Å². The van der Waals surface area contributed by atoms with Crippen molar-refractivity contribution in [1.82, 2.24) is 4.98 Å². The number of pyridine rings is 1. The molecule has 0 aliphatic rings. The Morgan fingerprint density at radius 3 is 2.46 bits per heavy atom. The van der Waals surface area contributed by atoms with Gasteiger partial charge in [-0.3, -0.25) is 4.98 Å². The third-order valence-corrected chi connectivity index (χ3v) is 5.06. The van der Waals surface area contributed by atoms with Crippen molar-refractivity contribution in [2.45, 2.75) is 4.90 Å². The quantitative estimate of drug-likeness (QED) is 0.787. The first-order chi connectivity index (χ1) is 11.5. The molecule has 1 unspecified atom stereocenters. The van der Waals surface area contributed by atoms with Crippen molar-refractivity contribution in [2.75, 3.05) is 14.2 Å². The lowest BCUT2D eigenvalue weighted by Crippen LogP contribution is -2.11. The van der Waals surface area contributed by atoms with Crippen molar-refractivity contribution in [1.29, 1.82) is 0 Å². The number of hydrogen-bond acceptors (Lipinski definition) is 5. The van der Waals surface area contributed by atoms with E-state index in [0.717, 1.165) is 16.7 Å². The van der Waals surface area contributed by atoms with Gasteiger partial charge in [0.1, 0.15) is 27.2 Å². The molecular weight excluding hydrogens is 326 g/mol. The summed E-state index contributed by atoms with van der Waals surface area (Å²) in [5.41, 5.74) is 0.776. The monoisotopic (exact) mass is 343 g/mol. The summed E-state index contributed by atoms with van der Waals surface area (Å²) in [4.78, 5) is 4.78. The van der Waals surface area contributed by atoms with E-state index in [1.807, 2.05) is 18.2 Å². The van der Waals surface area contributed by atoms with Crippen LogP contribution in [0.5, 0.6) is 17.2 Å². The minimum Gasteiger partial charge on any atom is -0.497 e. The van der Waals surface area contributed by atoms with E-state index in [-0.39, 0.29) is 0 Å². The van der Waals surface area contributed by atoms with Gasteiger partial charge in [-0.2, -0.15) is 0 Å². The van der Waals surface area contributed by atoms with Crippen molar-refractivity contribution < 1.29 is 13.7 Å². The van der Waals surface area contributed by atoms with Gasteiger partial charge in [0.05, 0.1) is 17.5 Å². The van der Waals surface area contributed by atoms with E-state index < -0.39 is 9.92 Å². The second-order valence-corrected chi connectivity index (χ2v) is 6.99. The van der Waals surface area contributed by atoms with E-state index in [0.29, 0.717) is 16.4 Å². The number of hydrogen-bond donors (Lipinski definition) is 1. The molecule has 0 spiro atoms. The Kier molecular flexibility index (Phi) is 4.37. The highest BCUT2D eigenvalue weighted by Crippen LogP contribution is 2.31. The smallest absolute Gasteiger partial charge is 0.138 e. The number of fused-ring (bicyclic) bond motifs is 1. The van der Waals surface area contributed by atoms with Crippen molar-refractivity contribution in [3.8, 4) is 17.2 Å². The first kappa shape index (κ1) is 16.2. The maximum absolute atomic E-state index is 12.0. The Morgan fingerprint density at radius 1 is 1.08 bits per heavy atom. The number of nitrogens with two attached hydrogens (primary N) is 1. The minimum atomic E-state index is -2.83. The summed E-state index contributed by atoms with van der Waals surface area (Å²) in [6.45, 7) is 0. The van der Waals surface area contributed by atoms with E-state index in [1.165, 1.54) is 7.05 Å². The number of benzene rings is 2. The standard InChI is InChI=1S/C17H17N3O3S/c1-19-24(18,21)14-6-3-12(4-7-14)23-17-9-10-20-16-11-13(22-2)5-8-15(16)17/h3-11H,1-2H3,(H2,18,19,21). The first-order valence-electron chi connectivity index (χ1n) is 7.17. The molecular formula is C17H17N3O3S. The van der Waals surface area contributed by atoms with Crippen LogP contribution >= 0.6 is 0 Å². The molecule has 3 rings (SSSR count). The number of rotatable bonds is 4. The van der Waals surface area contributed by atoms with Crippen LogP contribution in [0.25, 0.3) is 10.9 Å². The molecule has 3 aromatic rings. The van der Waals surface area contributed by atoms with Crippen molar-refractivity contribution >= 4 is 20.8 Å². The van der Waals surface area contributed by atoms with Gasteiger partial charge in [-0.1, -0.05) is 0 Å². The van der Waals surface area contributed by atoms with Gasteiger partial charge in [0, 0.05) is 24.7 Å². The summed E-state index contributed by atoms with van der Waals surface area (Å²) < 4.78 is 26.8. The van der Waals surface area contributed by atoms with E-state index in [2.05, 4.69) is 9.35 Å². The topological polar surface area (TPSA) is 86.8 Å². The Hall–Kier alpha value is -2.64. The van der Waals surface area contributed by atoms with Gasteiger partial charge in [0.25, 0.3) is 0 Å². The predicted octanol–water partition coefficient (Wildman–Crippen LogP) is 3.37. The highest BCUT2D eigenvalue weighted by molar-refractivity contribution is 7.91. The Balaban J connectivity index is 1.94. The normalized spacial score (nSPS) is 13.3. The minimum absolute atomic E-state index is 0.460. The van der Waals surface area contributed by atoms with Gasteiger partial charge in [-0.15, -0.1) is 0 Å². The van der Waals surface area contributed by atoms with Gasteiger partial charge in [0.2, 0.25) is 0 Å². The van der Waals surface area contributed by atoms with Gasteiger partial charge >= 0.3 is 0 Å². The SMILES string of the molecule is CN=S(N)(=O)c1ccc(Oc2ccnc3cc(OC)ccc23)cc1. The molecule has 7 heteroatoms. The van der Waals surface area contributed by atoms with Crippen LogP contribution in [0.2, 0.25) is 0 Å². The maximum Gasteiger partial charge on any atom is 0.138 e. The van der Waals surface area contributed by atoms with Gasteiger partial charge < -0.3 is 9.47 Å². The lowest BCUT2D eigenvalue weighted by atomic mass is 10.2. The van der Waals surface area contributed by atoms with Gasteiger partial charge in [0.15, 0.2) is 0 Å². The molecule has 24 heavy (non-hydrogen) atoms. The number of ether oxygens (including phenoxy) is 2. The van der Waals surface area contributed by atoms with Crippen LogP contribution in [0.1, 0.15) is 0 Å². The summed E-state index contributed by atoms with van der Waals surface area (Å²) in [6.07, 6.45) is 1.67. The summed E-state index contributed by atoms with van der Waals surface area (Å²) >= 11 is 0. The van der Waals surface area contributed by atoms with Crippen LogP contribution in [-0.4, -0.2) is 23.4 Å². The fraction of sp³-hybridized carbons (Fsp3) is 0.118. The first-order valence-corrected chi connectivity index (χ1v) is 8.75. The zero-order chi connectivity index (χ0) is 17.2. The fourth-order valence-corrected chi connectivity index (χ4v) is 2.99. The van der Waals surface area contributed by atoms with Gasteiger partial charge in [-0.25, -0.2) is 13.7 Å². The van der Waals surface area contributed by atoms with Crippen LogP contribution in [-0.2, 0) is 9.92 Å². The average molecular weight is 343 g/mol. The number of nitrogens with zero attached hydrogens (tertiary/aromatic N) is 2. The highest BCUT2D eigenvalue weighted by atomic mass is 32.2. The summed E-state index contributed by atoms with van der Waals surface area (Å²) in [5, 5.41) is 6.51. The largest absolute Gasteiger partial charge is 0.497 e. The van der Waals surface area contributed by atoms with Crippen LogP contribution < -0.4 is 14.6 Å². The van der Waals surface area contributed by atoms with Crippen LogP contribution in [0, 0.1) is 0 Å². The van der Waals surface area contributed by atoms with E-state index >= 15 is 0 Å². The molecule has 2 aromatic carbocycles. The van der Waals surface area contributed by atoms with Crippen LogP contribution in [0.15, 0.2) is 64.0 Å². The fourth-order valence-electron chi connectivity index (χ4n) is 2.25. The third kappa shape index (κ3) is 3.17. The molecule has 0 aliphatic heterocycles. The molecule has 0 saturated heterocycles. The molecule has 2 N–H and O–H groups in total. The third-order valence-electron chi connectivity index (χ3n) is 3.57. The zero-order valence-electron chi connectivity index (χ0n) is 13.3. The van der Waals surface area contributed by atoms with E-state index in [9.17, 15) is 4.21 Å². The summed E-state index contributed by atoms with van der Waals surface area (Å²) in [5.74, 6) is 2.01. The molecule has 0 fully saturated rings. The number of methoxy groups -OCH3 is 1. The Morgan fingerprint density at radius 2 is 1.79 bits per heavy atom. The molecule has 1 aromatic heterocycles.